The maximum Gasteiger partial charge on any atom is 0.393 e. The smallest absolute Gasteiger partial charge is 0.285 e. The lowest BCUT2D eigenvalue weighted by molar-refractivity contribution is -0.127. The van der Waals surface area contributed by atoms with Gasteiger partial charge in [0.25, 0.3) is 0 Å². The molecule has 0 bridgehead atoms. The van der Waals surface area contributed by atoms with Crippen LogP contribution in [0.4, 0.5) is 13.2 Å². The van der Waals surface area contributed by atoms with Gasteiger partial charge in [-0.25, -0.2) is 0 Å². The molecule has 0 unspecified atom stereocenters. The van der Waals surface area contributed by atoms with Crippen LogP contribution in [0.5, 0.6) is 0 Å². The second-order valence-corrected chi connectivity index (χ2v) is 7.80. The Kier molecular flexibility index (Phi) is 6.79. The summed E-state index contributed by atoms with van der Waals surface area (Å²) in [6.07, 6.45) is -5.22. The van der Waals surface area contributed by atoms with Crippen molar-refractivity contribution in [2.24, 2.45) is 4.99 Å². The number of hydrogen-bond donors (Lipinski definition) is 0. The minimum absolute atomic E-state index is 0.236. The SMILES string of the molecule is C=C(CN=C(C)c1ccccc1CC(F)(F)F)c1ccc(-c2ccccc2C)c(C)c1. The van der Waals surface area contributed by atoms with Crippen LogP contribution in [-0.2, 0) is 6.42 Å². The van der Waals surface area contributed by atoms with E-state index in [1.165, 1.54) is 22.8 Å². The second kappa shape index (κ2) is 9.34. The fourth-order valence-electron chi connectivity index (χ4n) is 3.69. The molecule has 0 atom stereocenters. The maximum atomic E-state index is 12.9. The molecule has 0 heterocycles. The number of hydrogen-bond acceptors (Lipinski definition) is 1. The standard InChI is InChI=1S/C27H26F3N/c1-18-9-5-7-11-24(18)25-14-13-22(15-19(25)2)20(3)17-31-21(4)26-12-8-6-10-23(26)16-27(28,29)30/h5-15H,3,16-17H2,1-2,4H3. The van der Waals surface area contributed by atoms with E-state index < -0.39 is 12.6 Å². The molecule has 0 aliphatic rings. The fourth-order valence-corrected chi connectivity index (χ4v) is 3.69. The van der Waals surface area contributed by atoms with Crippen LogP contribution in [0.2, 0.25) is 0 Å². The topological polar surface area (TPSA) is 12.4 Å². The number of halogens is 3. The van der Waals surface area contributed by atoms with Crippen molar-refractivity contribution >= 4 is 11.3 Å². The van der Waals surface area contributed by atoms with Gasteiger partial charge in [-0.2, -0.15) is 13.2 Å². The zero-order chi connectivity index (χ0) is 22.6. The van der Waals surface area contributed by atoms with Crippen molar-refractivity contribution in [3.63, 3.8) is 0 Å². The predicted octanol–water partition coefficient (Wildman–Crippen LogP) is 7.60. The first-order valence-electron chi connectivity index (χ1n) is 10.2. The summed E-state index contributed by atoms with van der Waals surface area (Å²) >= 11 is 0. The number of aliphatic imine (C=N–C) groups is 1. The lowest BCUT2D eigenvalue weighted by Crippen LogP contribution is -2.14. The Morgan fingerprint density at radius 3 is 2.19 bits per heavy atom. The summed E-state index contributed by atoms with van der Waals surface area (Å²) < 4.78 is 38.7. The lowest BCUT2D eigenvalue weighted by Gasteiger charge is -2.13. The van der Waals surface area contributed by atoms with E-state index in [0.717, 1.165) is 16.7 Å². The van der Waals surface area contributed by atoms with E-state index in [0.29, 0.717) is 17.8 Å². The summed E-state index contributed by atoms with van der Waals surface area (Å²) in [6.45, 7) is 10.4. The molecule has 0 saturated heterocycles. The van der Waals surface area contributed by atoms with Crippen LogP contribution in [-0.4, -0.2) is 18.4 Å². The first kappa shape index (κ1) is 22.5. The Morgan fingerprint density at radius 2 is 1.52 bits per heavy atom. The van der Waals surface area contributed by atoms with Crippen LogP contribution in [0.15, 0.2) is 78.3 Å². The van der Waals surface area contributed by atoms with Gasteiger partial charge in [-0.3, -0.25) is 4.99 Å². The molecule has 1 nitrogen and oxygen atoms in total. The summed E-state index contributed by atoms with van der Waals surface area (Å²) in [5.41, 5.74) is 7.89. The van der Waals surface area contributed by atoms with Crippen molar-refractivity contribution in [2.75, 3.05) is 6.54 Å². The highest BCUT2D eigenvalue weighted by Gasteiger charge is 2.28. The molecule has 31 heavy (non-hydrogen) atoms. The number of rotatable bonds is 6. The largest absolute Gasteiger partial charge is 0.393 e. The molecule has 0 radical (unpaired) electrons. The van der Waals surface area contributed by atoms with E-state index in [1.54, 1.807) is 25.1 Å². The van der Waals surface area contributed by atoms with Crippen LogP contribution >= 0.6 is 0 Å². The van der Waals surface area contributed by atoms with Gasteiger partial charge in [0.05, 0.1) is 13.0 Å². The highest BCUT2D eigenvalue weighted by molar-refractivity contribution is 6.00. The average Bonchev–Trinajstić information content (AvgIpc) is 2.71. The van der Waals surface area contributed by atoms with Gasteiger partial charge >= 0.3 is 6.18 Å². The Hall–Kier alpha value is -3.14. The number of aryl methyl sites for hydroxylation is 2. The molecule has 4 heteroatoms. The van der Waals surface area contributed by atoms with E-state index in [1.807, 2.05) is 18.2 Å². The molecular weight excluding hydrogens is 395 g/mol. The van der Waals surface area contributed by atoms with Crippen molar-refractivity contribution in [1.82, 2.24) is 0 Å². The van der Waals surface area contributed by atoms with Gasteiger partial charge in [0.2, 0.25) is 0 Å². The second-order valence-electron chi connectivity index (χ2n) is 7.80. The number of nitrogens with zero attached hydrogens (tertiary/aromatic N) is 1. The summed E-state index contributed by atoms with van der Waals surface area (Å²) in [5, 5.41) is 0. The normalized spacial score (nSPS) is 12.1. The molecule has 0 aliphatic heterocycles. The molecule has 0 N–H and O–H groups in total. The summed E-state index contributed by atoms with van der Waals surface area (Å²) in [5.74, 6) is 0. The zero-order valence-electron chi connectivity index (χ0n) is 18.1. The molecular formula is C27H26F3N. The molecule has 0 amide bonds. The van der Waals surface area contributed by atoms with Crippen LogP contribution in [0, 0.1) is 13.8 Å². The van der Waals surface area contributed by atoms with E-state index >= 15 is 0 Å². The Bertz CT molecular complexity index is 1120. The monoisotopic (exact) mass is 421 g/mol. The van der Waals surface area contributed by atoms with Crippen molar-refractivity contribution in [1.29, 1.82) is 0 Å². The van der Waals surface area contributed by atoms with Gasteiger partial charge in [0.15, 0.2) is 0 Å². The van der Waals surface area contributed by atoms with Crippen LogP contribution in [0.3, 0.4) is 0 Å². The molecule has 0 aromatic heterocycles. The Labute approximate surface area is 182 Å². The molecule has 3 aromatic carbocycles. The maximum absolute atomic E-state index is 12.9. The summed E-state index contributed by atoms with van der Waals surface area (Å²) in [4.78, 5) is 4.54. The third kappa shape index (κ3) is 5.72. The molecule has 0 saturated carbocycles. The zero-order valence-corrected chi connectivity index (χ0v) is 18.1. The highest BCUT2D eigenvalue weighted by Crippen LogP contribution is 2.29. The van der Waals surface area contributed by atoms with Crippen molar-refractivity contribution in [3.05, 3.63) is 101 Å². The van der Waals surface area contributed by atoms with E-state index in [-0.39, 0.29) is 5.56 Å². The Morgan fingerprint density at radius 1 is 0.871 bits per heavy atom. The van der Waals surface area contributed by atoms with Crippen LogP contribution < -0.4 is 0 Å². The van der Waals surface area contributed by atoms with Gasteiger partial charge < -0.3 is 0 Å². The van der Waals surface area contributed by atoms with E-state index in [2.05, 4.69) is 49.7 Å². The first-order valence-corrected chi connectivity index (χ1v) is 10.2. The van der Waals surface area contributed by atoms with E-state index in [9.17, 15) is 13.2 Å². The molecule has 3 aromatic rings. The molecule has 160 valence electrons. The fraction of sp³-hybridized carbons (Fsp3) is 0.222. The number of alkyl halides is 3. The lowest BCUT2D eigenvalue weighted by atomic mass is 9.93. The van der Waals surface area contributed by atoms with Crippen molar-refractivity contribution < 1.29 is 13.2 Å². The minimum Gasteiger partial charge on any atom is -0.285 e. The number of benzene rings is 3. The Balaban J connectivity index is 1.79. The van der Waals surface area contributed by atoms with Crippen molar-refractivity contribution in [3.8, 4) is 11.1 Å². The first-order chi connectivity index (χ1) is 14.7. The third-order valence-corrected chi connectivity index (χ3v) is 5.38. The molecule has 3 rings (SSSR count). The van der Waals surface area contributed by atoms with Gasteiger partial charge in [-0.15, -0.1) is 0 Å². The van der Waals surface area contributed by atoms with Gasteiger partial charge in [-0.1, -0.05) is 73.3 Å². The highest BCUT2D eigenvalue weighted by atomic mass is 19.4. The van der Waals surface area contributed by atoms with E-state index in [4.69, 9.17) is 0 Å². The third-order valence-electron chi connectivity index (χ3n) is 5.38. The molecule has 0 fully saturated rings. The summed E-state index contributed by atoms with van der Waals surface area (Å²) in [7, 11) is 0. The quantitative estimate of drug-likeness (QED) is 0.363. The van der Waals surface area contributed by atoms with Crippen LogP contribution in [0.25, 0.3) is 16.7 Å². The van der Waals surface area contributed by atoms with Crippen molar-refractivity contribution in [2.45, 2.75) is 33.4 Å². The summed E-state index contributed by atoms with van der Waals surface area (Å²) in [6, 6.07) is 21.0. The molecule has 0 aliphatic carbocycles. The van der Waals surface area contributed by atoms with Crippen LogP contribution in [0.1, 0.15) is 34.7 Å². The minimum atomic E-state index is -4.25. The average molecular weight is 422 g/mol. The van der Waals surface area contributed by atoms with Gasteiger partial charge in [-0.05, 0) is 65.3 Å². The van der Waals surface area contributed by atoms with Gasteiger partial charge in [0.1, 0.15) is 0 Å². The predicted molar refractivity (Wildman–Crippen MR) is 124 cm³/mol. The van der Waals surface area contributed by atoms with Gasteiger partial charge in [0, 0.05) is 5.71 Å². The molecule has 0 spiro atoms.